The van der Waals surface area contributed by atoms with Gasteiger partial charge in [0.1, 0.15) is 5.41 Å². The van der Waals surface area contributed by atoms with Gasteiger partial charge in [0.15, 0.2) is 0 Å². The number of para-hydroxylation sites is 1. The predicted octanol–water partition coefficient (Wildman–Crippen LogP) is 3.97. The van der Waals surface area contributed by atoms with Gasteiger partial charge in [0.05, 0.1) is 0 Å². The third kappa shape index (κ3) is 4.70. The third-order valence-electron chi connectivity index (χ3n) is 4.65. The molecule has 0 aliphatic heterocycles. The number of carbonyl (C=O) groups is 2. The number of aryl methyl sites for hydroxylation is 1. The summed E-state index contributed by atoms with van der Waals surface area (Å²) in [6.07, 6.45) is 7.94. The van der Waals surface area contributed by atoms with E-state index >= 15 is 0 Å². The van der Waals surface area contributed by atoms with E-state index in [-0.39, 0.29) is 11.8 Å². The molecular formula is C20H28N2O2. The third-order valence-corrected chi connectivity index (χ3v) is 4.65. The zero-order valence-corrected chi connectivity index (χ0v) is 14.9. The van der Waals surface area contributed by atoms with Gasteiger partial charge in [-0.15, -0.1) is 0 Å². The molecular weight excluding hydrogens is 300 g/mol. The fraction of sp³-hybridized carbons (Fsp3) is 0.500. The molecule has 24 heavy (non-hydrogen) atoms. The molecule has 130 valence electrons. The molecule has 0 saturated heterocycles. The molecule has 1 aliphatic carbocycles. The van der Waals surface area contributed by atoms with Gasteiger partial charge in [0.25, 0.3) is 0 Å². The monoisotopic (exact) mass is 328 g/mol. The van der Waals surface area contributed by atoms with Gasteiger partial charge in [0, 0.05) is 12.2 Å². The lowest BCUT2D eigenvalue weighted by atomic mass is 9.90. The first kappa shape index (κ1) is 18.2. The van der Waals surface area contributed by atoms with Gasteiger partial charge in [-0.3, -0.25) is 9.59 Å². The highest BCUT2D eigenvalue weighted by atomic mass is 16.2. The molecule has 0 bridgehead atoms. The van der Waals surface area contributed by atoms with Gasteiger partial charge in [-0.1, -0.05) is 29.8 Å². The van der Waals surface area contributed by atoms with Crippen molar-refractivity contribution in [1.29, 1.82) is 0 Å². The minimum absolute atomic E-state index is 0.231. The second-order valence-corrected chi connectivity index (χ2v) is 7.01. The summed E-state index contributed by atoms with van der Waals surface area (Å²) in [5.74, 6) is -0.517. The maximum absolute atomic E-state index is 12.5. The summed E-state index contributed by atoms with van der Waals surface area (Å²) in [6, 6.07) is 7.56. The summed E-state index contributed by atoms with van der Waals surface area (Å²) >= 11 is 0. The molecule has 0 heterocycles. The lowest BCUT2D eigenvalue weighted by Gasteiger charge is -2.23. The van der Waals surface area contributed by atoms with E-state index in [1.54, 1.807) is 13.8 Å². The summed E-state index contributed by atoms with van der Waals surface area (Å²) < 4.78 is 0. The van der Waals surface area contributed by atoms with E-state index in [0.717, 1.165) is 30.5 Å². The van der Waals surface area contributed by atoms with Crippen LogP contribution in [0.3, 0.4) is 0 Å². The van der Waals surface area contributed by atoms with Crippen molar-refractivity contribution in [2.45, 2.75) is 52.9 Å². The molecule has 1 aromatic carbocycles. The average Bonchev–Trinajstić information content (AvgIpc) is 2.57. The van der Waals surface area contributed by atoms with Crippen molar-refractivity contribution in [2.24, 2.45) is 5.41 Å². The first-order valence-corrected chi connectivity index (χ1v) is 8.74. The van der Waals surface area contributed by atoms with Gasteiger partial charge in [-0.05, 0) is 64.5 Å². The fourth-order valence-corrected chi connectivity index (χ4v) is 2.78. The molecule has 0 unspecified atom stereocenters. The van der Waals surface area contributed by atoms with Crippen LogP contribution in [0.25, 0.3) is 0 Å². The Morgan fingerprint density at radius 2 is 1.88 bits per heavy atom. The minimum Gasteiger partial charge on any atom is -0.355 e. The Balaban J connectivity index is 1.88. The van der Waals surface area contributed by atoms with E-state index in [0.29, 0.717) is 6.54 Å². The quantitative estimate of drug-likeness (QED) is 0.613. The van der Waals surface area contributed by atoms with Crippen molar-refractivity contribution in [1.82, 2.24) is 5.32 Å². The van der Waals surface area contributed by atoms with Gasteiger partial charge < -0.3 is 10.6 Å². The van der Waals surface area contributed by atoms with E-state index in [2.05, 4.69) is 16.7 Å². The van der Waals surface area contributed by atoms with Crippen LogP contribution in [0.1, 0.15) is 51.5 Å². The Morgan fingerprint density at radius 3 is 2.54 bits per heavy atom. The van der Waals surface area contributed by atoms with Gasteiger partial charge >= 0.3 is 0 Å². The second-order valence-electron chi connectivity index (χ2n) is 7.01. The first-order chi connectivity index (χ1) is 11.4. The molecule has 2 rings (SSSR count). The Hall–Kier alpha value is -2.10. The largest absolute Gasteiger partial charge is 0.355 e. The normalized spacial score (nSPS) is 14.7. The lowest BCUT2D eigenvalue weighted by Crippen LogP contribution is -2.45. The van der Waals surface area contributed by atoms with Crippen LogP contribution in [0, 0.1) is 12.3 Å². The van der Waals surface area contributed by atoms with E-state index in [9.17, 15) is 9.59 Å². The molecule has 0 saturated carbocycles. The number of nitrogens with one attached hydrogen (secondary N) is 2. The highest BCUT2D eigenvalue weighted by Crippen LogP contribution is 2.22. The standard InChI is InChI=1S/C20H28N2O2/c1-15-9-7-8-12-17(15)22-19(24)20(2,3)18(23)21-14-13-16-10-5-4-6-11-16/h7-10,12H,4-6,11,13-14H2,1-3H3,(H,21,23)(H,22,24). The van der Waals surface area contributed by atoms with Gasteiger partial charge in [-0.25, -0.2) is 0 Å². The summed E-state index contributed by atoms with van der Waals surface area (Å²) in [6.45, 7) is 5.85. The number of rotatable bonds is 6. The summed E-state index contributed by atoms with van der Waals surface area (Å²) in [5.41, 5.74) is 2.04. The molecule has 1 aliphatic rings. The molecule has 2 amide bonds. The van der Waals surface area contributed by atoms with E-state index in [4.69, 9.17) is 0 Å². The minimum atomic E-state index is -1.11. The highest BCUT2D eigenvalue weighted by molar-refractivity contribution is 6.10. The van der Waals surface area contributed by atoms with Crippen LogP contribution < -0.4 is 10.6 Å². The molecule has 4 heteroatoms. The molecule has 0 fully saturated rings. The number of anilines is 1. The predicted molar refractivity (Wildman–Crippen MR) is 97.8 cm³/mol. The first-order valence-electron chi connectivity index (χ1n) is 8.74. The van der Waals surface area contributed by atoms with Gasteiger partial charge in [-0.2, -0.15) is 0 Å². The van der Waals surface area contributed by atoms with E-state index in [1.807, 2.05) is 31.2 Å². The Bertz CT molecular complexity index is 632. The van der Waals surface area contributed by atoms with Gasteiger partial charge in [0.2, 0.25) is 11.8 Å². The van der Waals surface area contributed by atoms with Crippen molar-refractivity contribution in [3.05, 3.63) is 41.5 Å². The Morgan fingerprint density at radius 1 is 1.12 bits per heavy atom. The highest BCUT2D eigenvalue weighted by Gasteiger charge is 2.36. The molecule has 0 spiro atoms. The lowest BCUT2D eigenvalue weighted by molar-refractivity contribution is -0.138. The second kappa shape index (κ2) is 8.13. The van der Waals surface area contributed by atoms with Crippen molar-refractivity contribution in [3.8, 4) is 0 Å². The molecule has 4 nitrogen and oxygen atoms in total. The maximum Gasteiger partial charge on any atom is 0.239 e. The number of benzene rings is 1. The van der Waals surface area contributed by atoms with Crippen molar-refractivity contribution < 1.29 is 9.59 Å². The van der Waals surface area contributed by atoms with Crippen LogP contribution >= 0.6 is 0 Å². The molecule has 0 atom stereocenters. The van der Waals surface area contributed by atoms with Crippen LogP contribution in [0.15, 0.2) is 35.9 Å². The number of hydrogen-bond donors (Lipinski definition) is 2. The summed E-state index contributed by atoms with van der Waals surface area (Å²) in [4.78, 5) is 24.9. The molecule has 0 aromatic heterocycles. The molecule has 2 N–H and O–H groups in total. The summed E-state index contributed by atoms with van der Waals surface area (Å²) in [5, 5.41) is 5.77. The molecule has 1 aromatic rings. The van der Waals surface area contributed by atoms with Crippen LogP contribution in [-0.2, 0) is 9.59 Å². The van der Waals surface area contributed by atoms with E-state index in [1.165, 1.54) is 18.4 Å². The maximum atomic E-state index is 12.5. The summed E-state index contributed by atoms with van der Waals surface area (Å²) in [7, 11) is 0. The average molecular weight is 328 g/mol. The van der Waals surface area contributed by atoms with Crippen molar-refractivity contribution in [3.63, 3.8) is 0 Å². The van der Waals surface area contributed by atoms with Crippen molar-refractivity contribution >= 4 is 17.5 Å². The number of amides is 2. The fourth-order valence-electron chi connectivity index (χ4n) is 2.78. The van der Waals surface area contributed by atoms with Crippen molar-refractivity contribution in [2.75, 3.05) is 11.9 Å². The number of hydrogen-bond acceptors (Lipinski definition) is 2. The van der Waals surface area contributed by atoms with Crippen LogP contribution in [0.5, 0.6) is 0 Å². The molecule has 0 radical (unpaired) electrons. The Labute approximate surface area is 144 Å². The smallest absolute Gasteiger partial charge is 0.239 e. The zero-order chi connectivity index (χ0) is 17.6. The van der Waals surface area contributed by atoms with Crippen LogP contribution in [0.2, 0.25) is 0 Å². The van der Waals surface area contributed by atoms with Crippen LogP contribution in [-0.4, -0.2) is 18.4 Å². The number of allylic oxidation sites excluding steroid dienone is 1. The SMILES string of the molecule is Cc1ccccc1NC(=O)C(C)(C)C(=O)NCCC1=CCCCC1. The number of carbonyl (C=O) groups excluding carboxylic acids is 2. The van der Waals surface area contributed by atoms with E-state index < -0.39 is 5.41 Å². The van der Waals surface area contributed by atoms with Crippen LogP contribution in [0.4, 0.5) is 5.69 Å². The topological polar surface area (TPSA) is 58.2 Å². The zero-order valence-electron chi connectivity index (χ0n) is 14.9. The Kier molecular flexibility index (Phi) is 6.18.